The van der Waals surface area contributed by atoms with E-state index in [1.54, 1.807) is 42.1 Å². The second-order valence-corrected chi connectivity index (χ2v) is 8.04. The first-order valence-electron chi connectivity index (χ1n) is 7.00. The van der Waals surface area contributed by atoms with Crippen LogP contribution >= 0.6 is 0 Å². The van der Waals surface area contributed by atoms with E-state index in [0.717, 1.165) is 5.69 Å². The lowest BCUT2D eigenvalue weighted by molar-refractivity contribution is 0.0915. The molecule has 3 rings (SSSR count). The van der Waals surface area contributed by atoms with Gasteiger partial charge < -0.3 is 5.32 Å². The number of nitrogens with one attached hydrogen (secondary N) is 1. The summed E-state index contributed by atoms with van der Waals surface area (Å²) in [6.07, 6.45) is 3.95. The summed E-state index contributed by atoms with van der Waals surface area (Å²) in [6, 6.07) is 8.84. The SMILES string of the molecule is C[C@@]1(NC(=O)c2ccc(-n3cccn3)cc2)CCS(=O)(=O)C1. The lowest BCUT2D eigenvalue weighted by Crippen LogP contribution is -2.46. The van der Waals surface area contributed by atoms with E-state index in [-0.39, 0.29) is 17.4 Å². The van der Waals surface area contributed by atoms with Crippen LogP contribution < -0.4 is 5.32 Å². The van der Waals surface area contributed by atoms with Crippen LogP contribution in [-0.2, 0) is 9.84 Å². The average Bonchev–Trinajstić information content (AvgIpc) is 3.07. The van der Waals surface area contributed by atoms with Crippen molar-refractivity contribution in [3.63, 3.8) is 0 Å². The normalized spacial score (nSPS) is 23.3. The van der Waals surface area contributed by atoms with Gasteiger partial charge in [-0.15, -0.1) is 0 Å². The molecular formula is C15H17N3O3S. The van der Waals surface area contributed by atoms with Gasteiger partial charge in [-0.1, -0.05) is 0 Å². The van der Waals surface area contributed by atoms with Crippen LogP contribution in [0.3, 0.4) is 0 Å². The van der Waals surface area contributed by atoms with Crippen LogP contribution in [0.25, 0.3) is 5.69 Å². The summed E-state index contributed by atoms with van der Waals surface area (Å²) in [5, 5.41) is 6.96. The second-order valence-electron chi connectivity index (χ2n) is 5.85. The minimum absolute atomic E-state index is 0.00287. The molecule has 6 nitrogen and oxygen atoms in total. The average molecular weight is 319 g/mol. The van der Waals surface area contributed by atoms with Crippen LogP contribution in [0.15, 0.2) is 42.7 Å². The third kappa shape index (κ3) is 3.04. The first-order chi connectivity index (χ1) is 10.4. The van der Waals surface area contributed by atoms with Crippen molar-refractivity contribution in [3.05, 3.63) is 48.3 Å². The molecule has 0 bridgehead atoms. The van der Waals surface area contributed by atoms with Gasteiger partial charge in [0.1, 0.15) is 0 Å². The van der Waals surface area contributed by atoms with E-state index in [1.807, 2.05) is 12.3 Å². The van der Waals surface area contributed by atoms with Gasteiger partial charge in [0, 0.05) is 18.0 Å². The Morgan fingerprint density at radius 2 is 2.05 bits per heavy atom. The van der Waals surface area contributed by atoms with Crippen molar-refractivity contribution in [1.82, 2.24) is 15.1 Å². The zero-order chi connectivity index (χ0) is 15.8. The summed E-state index contributed by atoms with van der Waals surface area (Å²) in [4.78, 5) is 12.3. The third-order valence-electron chi connectivity index (χ3n) is 3.82. The van der Waals surface area contributed by atoms with Gasteiger partial charge in [0.2, 0.25) is 0 Å². The van der Waals surface area contributed by atoms with Crippen molar-refractivity contribution in [2.45, 2.75) is 18.9 Å². The van der Waals surface area contributed by atoms with Crippen molar-refractivity contribution in [1.29, 1.82) is 0 Å². The van der Waals surface area contributed by atoms with Crippen LogP contribution in [0.1, 0.15) is 23.7 Å². The number of hydrogen-bond donors (Lipinski definition) is 1. The van der Waals surface area contributed by atoms with E-state index in [1.165, 1.54) is 0 Å². The standard InChI is InChI=1S/C15H17N3O3S/c1-15(7-10-22(20,21)11-15)17-14(19)12-3-5-13(6-4-12)18-9-2-8-16-18/h2-6,8-9H,7,10-11H2,1H3,(H,17,19)/t15-/m1/s1. The van der Waals surface area contributed by atoms with Gasteiger partial charge in [-0.25, -0.2) is 13.1 Å². The van der Waals surface area contributed by atoms with Crippen LogP contribution in [0.4, 0.5) is 0 Å². The predicted octanol–water partition coefficient (Wildman–Crippen LogP) is 1.18. The van der Waals surface area contributed by atoms with E-state index in [4.69, 9.17) is 0 Å². The van der Waals surface area contributed by atoms with Crippen molar-refractivity contribution in [2.24, 2.45) is 0 Å². The van der Waals surface area contributed by atoms with Gasteiger partial charge in [-0.2, -0.15) is 5.10 Å². The quantitative estimate of drug-likeness (QED) is 0.921. The van der Waals surface area contributed by atoms with Crippen molar-refractivity contribution in [2.75, 3.05) is 11.5 Å². The van der Waals surface area contributed by atoms with Crippen LogP contribution in [-0.4, -0.2) is 41.2 Å². The molecule has 1 aliphatic heterocycles. The first kappa shape index (κ1) is 14.8. The lowest BCUT2D eigenvalue weighted by Gasteiger charge is -2.23. The van der Waals surface area contributed by atoms with Gasteiger partial charge in [-0.05, 0) is 43.7 Å². The molecule has 0 unspecified atom stereocenters. The molecule has 1 fully saturated rings. The number of sulfone groups is 1. The minimum Gasteiger partial charge on any atom is -0.346 e. The summed E-state index contributed by atoms with van der Waals surface area (Å²) in [5.41, 5.74) is 0.675. The fourth-order valence-electron chi connectivity index (χ4n) is 2.64. The number of carbonyl (C=O) groups excluding carboxylic acids is 1. The Kier molecular flexibility index (Phi) is 3.52. The van der Waals surface area contributed by atoms with Crippen LogP contribution in [0, 0.1) is 0 Å². The summed E-state index contributed by atoms with van der Waals surface area (Å²) >= 11 is 0. The molecule has 7 heteroatoms. The number of hydrogen-bond acceptors (Lipinski definition) is 4. The summed E-state index contributed by atoms with van der Waals surface area (Å²) in [7, 11) is -3.04. The molecule has 116 valence electrons. The predicted molar refractivity (Wildman–Crippen MR) is 82.7 cm³/mol. The van der Waals surface area contributed by atoms with E-state index >= 15 is 0 Å². The molecule has 0 saturated carbocycles. The highest BCUT2D eigenvalue weighted by Gasteiger charge is 2.39. The van der Waals surface area contributed by atoms with E-state index in [9.17, 15) is 13.2 Å². The van der Waals surface area contributed by atoms with E-state index in [2.05, 4.69) is 10.4 Å². The summed E-state index contributed by atoms with van der Waals surface area (Å²) < 4.78 is 24.9. The monoisotopic (exact) mass is 319 g/mol. The van der Waals surface area contributed by atoms with Crippen molar-refractivity contribution >= 4 is 15.7 Å². The minimum atomic E-state index is -3.04. The number of amides is 1. The Morgan fingerprint density at radius 3 is 2.59 bits per heavy atom. The smallest absolute Gasteiger partial charge is 0.251 e. The Balaban J connectivity index is 1.73. The molecule has 1 N–H and O–H groups in total. The van der Waals surface area contributed by atoms with E-state index < -0.39 is 15.4 Å². The van der Waals surface area contributed by atoms with Crippen LogP contribution in [0.2, 0.25) is 0 Å². The number of rotatable bonds is 3. The number of aromatic nitrogens is 2. The largest absolute Gasteiger partial charge is 0.346 e. The van der Waals surface area contributed by atoms with Crippen molar-refractivity contribution < 1.29 is 13.2 Å². The summed E-state index contributed by atoms with van der Waals surface area (Å²) in [5.74, 6) is -0.134. The highest BCUT2D eigenvalue weighted by atomic mass is 32.2. The molecule has 0 radical (unpaired) electrons. The third-order valence-corrected chi connectivity index (χ3v) is 5.72. The van der Waals surface area contributed by atoms with Crippen molar-refractivity contribution in [3.8, 4) is 5.69 Å². The molecule has 2 heterocycles. The molecule has 1 amide bonds. The molecule has 1 aliphatic rings. The molecule has 0 spiro atoms. The Morgan fingerprint density at radius 1 is 1.32 bits per heavy atom. The van der Waals surface area contributed by atoms with Gasteiger partial charge in [0.25, 0.3) is 5.91 Å². The topological polar surface area (TPSA) is 81.1 Å². The molecule has 1 atom stereocenters. The van der Waals surface area contributed by atoms with Gasteiger partial charge in [0.05, 0.1) is 22.7 Å². The fourth-order valence-corrected chi connectivity index (χ4v) is 4.74. The fraction of sp³-hybridized carbons (Fsp3) is 0.333. The lowest BCUT2D eigenvalue weighted by atomic mass is 10.0. The van der Waals surface area contributed by atoms with Crippen LogP contribution in [0.5, 0.6) is 0 Å². The molecular weight excluding hydrogens is 302 g/mol. The van der Waals surface area contributed by atoms with Gasteiger partial charge in [-0.3, -0.25) is 4.79 Å². The molecule has 0 aliphatic carbocycles. The zero-order valence-electron chi connectivity index (χ0n) is 12.2. The number of nitrogens with zero attached hydrogens (tertiary/aromatic N) is 2. The molecule has 22 heavy (non-hydrogen) atoms. The maximum Gasteiger partial charge on any atom is 0.251 e. The Hall–Kier alpha value is -2.15. The first-order valence-corrected chi connectivity index (χ1v) is 8.82. The highest BCUT2D eigenvalue weighted by molar-refractivity contribution is 7.91. The van der Waals surface area contributed by atoms with Gasteiger partial charge >= 0.3 is 0 Å². The molecule has 2 aromatic rings. The highest BCUT2D eigenvalue weighted by Crippen LogP contribution is 2.23. The molecule has 1 aromatic heterocycles. The molecule has 1 saturated heterocycles. The Bertz CT molecular complexity index is 782. The van der Waals surface area contributed by atoms with Gasteiger partial charge in [0.15, 0.2) is 9.84 Å². The maximum absolute atomic E-state index is 12.3. The second kappa shape index (κ2) is 5.24. The maximum atomic E-state index is 12.3. The number of carbonyl (C=O) groups is 1. The Labute approximate surface area is 129 Å². The molecule has 1 aromatic carbocycles. The summed E-state index contributed by atoms with van der Waals surface area (Å²) in [6.45, 7) is 1.77. The zero-order valence-corrected chi connectivity index (χ0v) is 13.0. The number of benzene rings is 1. The van der Waals surface area contributed by atoms with E-state index in [0.29, 0.717) is 12.0 Å².